The van der Waals surface area contributed by atoms with Gasteiger partial charge in [0.1, 0.15) is 5.82 Å². The molecule has 0 aliphatic heterocycles. The summed E-state index contributed by atoms with van der Waals surface area (Å²) >= 11 is 0. The number of nitrogens with zero attached hydrogens (tertiary/aromatic N) is 3. The molecule has 0 aliphatic rings. The van der Waals surface area contributed by atoms with Gasteiger partial charge in [0.15, 0.2) is 0 Å². The molecule has 1 amide bonds. The fourth-order valence-corrected chi connectivity index (χ4v) is 2.38. The second-order valence-corrected chi connectivity index (χ2v) is 6.31. The van der Waals surface area contributed by atoms with Gasteiger partial charge in [-0.15, -0.1) is 0 Å². The average molecular weight is 285 g/mol. The zero-order valence-corrected chi connectivity index (χ0v) is 13.6. The van der Waals surface area contributed by atoms with E-state index in [2.05, 4.69) is 38.0 Å². The number of aryl methyl sites for hydroxylation is 1. The van der Waals surface area contributed by atoms with Crippen LogP contribution in [0.15, 0.2) is 30.3 Å². The number of aromatic nitrogens is 2. The number of anilines is 1. The maximum atomic E-state index is 11.9. The summed E-state index contributed by atoms with van der Waals surface area (Å²) in [5, 5.41) is 4.68. The van der Waals surface area contributed by atoms with E-state index in [0.29, 0.717) is 0 Å². The summed E-state index contributed by atoms with van der Waals surface area (Å²) in [6.45, 7) is 9.83. The maximum Gasteiger partial charge on any atom is 0.224 e. The molecule has 1 heterocycles. The van der Waals surface area contributed by atoms with E-state index in [9.17, 15) is 4.79 Å². The zero-order chi connectivity index (χ0) is 15.8. The first-order valence-electron chi connectivity index (χ1n) is 7.13. The van der Waals surface area contributed by atoms with Gasteiger partial charge >= 0.3 is 0 Å². The van der Waals surface area contributed by atoms with Crippen molar-refractivity contribution >= 4 is 11.7 Å². The highest BCUT2D eigenvalue weighted by molar-refractivity contribution is 5.95. The third kappa shape index (κ3) is 2.84. The van der Waals surface area contributed by atoms with Gasteiger partial charge in [-0.25, -0.2) is 4.68 Å². The molecule has 0 unspecified atom stereocenters. The number of hydrogen-bond donors (Lipinski definition) is 0. The number of hydrogen-bond acceptors (Lipinski definition) is 2. The Morgan fingerprint density at radius 1 is 1.19 bits per heavy atom. The lowest BCUT2D eigenvalue weighted by Crippen LogP contribution is -2.32. The molecule has 0 bridgehead atoms. The third-order valence-electron chi connectivity index (χ3n) is 3.52. The highest BCUT2D eigenvalue weighted by atomic mass is 16.2. The van der Waals surface area contributed by atoms with Crippen LogP contribution in [-0.4, -0.2) is 22.7 Å². The minimum atomic E-state index is -0.198. The topological polar surface area (TPSA) is 38.1 Å². The largest absolute Gasteiger partial charge is 0.300 e. The Morgan fingerprint density at radius 3 is 2.24 bits per heavy atom. The van der Waals surface area contributed by atoms with Crippen molar-refractivity contribution in [3.63, 3.8) is 0 Å². The molecule has 1 aromatic carbocycles. The molecule has 4 nitrogen and oxygen atoms in total. The number of carbonyl (C=O) groups is 1. The number of rotatable bonds is 2. The van der Waals surface area contributed by atoms with Crippen LogP contribution in [0.3, 0.4) is 0 Å². The molecule has 0 fully saturated rings. The van der Waals surface area contributed by atoms with Crippen molar-refractivity contribution in [1.29, 1.82) is 0 Å². The normalized spacial score (nSPS) is 11.5. The fourth-order valence-electron chi connectivity index (χ4n) is 2.38. The van der Waals surface area contributed by atoms with E-state index in [4.69, 9.17) is 0 Å². The molecule has 0 atom stereocenters. The van der Waals surface area contributed by atoms with Gasteiger partial charge in [-0.05, 0) is 33.3 Å². The van der Waals surface area contributed by atoms with Gasteiger partial charge in [0, 0.05) is 19.5 Å². The van der Waals surface area contributed by atoms with Gasteiger partial charge in [0.2, 0.25) is 5.91 Å². The molecule has 0 saturated carbocycles. The van der Waals surface area contributed by atoms with Crippen molar-refractivity contribution in [3.05, 3.63) is 36.0 Å². The molecule has 0 spiro atoms. The van der Waals surface area contributed by atoms with Crippen LogP contribution < -0.4 is 4.90 Å². The summed E-state index contributed by atoms with van der Waals surface area (Å²) in [7, 11) is 1.80. The van der Waals surface area contributed by atoms with Crippen LogP contribution in [0.25, 0.3) is 11.1 Å². The van der Waals surface area contributed by atoms with Gasteiger partial charge in [-0.1, -0.05) is 30.3 Å². The van der Waals surface area contributed by atoms with Crippen LogP contribution in [0.1, 0.15) is 33.4 Å². The van der Waals surface area contributed by atoms with E-state index in [0.717, 1.165) is 22.6 Å². The van der Waals surface area contributed by atoms with Gasteiger partial charge in [-0.3, -0.25) is 9.69 Å². The molecule has 2 aromatic rings. The Bertz CT molecular complexity index is 651. The Kier molecular flexibility index (Phi) is 3.90. The first-order valence-corrected chi connectivity index (χ1v) is 7.13. The molecule has 0 saturated heterocycles. The Balaban J connectivity index is 2.76. The third-order valence-corrected chi connectivity index (χ3v) is 3.52. The molecule has 4 heteroatoms. The van der Waals surface area contributed by atoms with Crippen molar-refractivity contribution in [1.82, 2.24) is 9.78 Å². The van der Waals surface area contributed by atoms with Crippen molar-refractivity contribution in [2.45, 2.75) is 40.2 Å². The van der Waals surface area contributed by atoms with Gasteiger partial charge in [-0.2, -0.15) is 5.10 Å². The first-order chi connectivity index (χ1) is 9.73. The van der Waals surface area contributed by atoms with Crippen LogP contribution in [0, 0.1) is 6.92 Å². The van der Waals surface area contributed by atoms with E-state index in [-0.39, 0.29) is 11.4 Å². The first kappa shape index (κ1) is 15.3. The van der Waals surface area contributed by atoms with Crippen LogP contribution in [-0.2, 0) is 10.3 Å². The Labute approximate surface area is 126 Å². The lowest BCUT2D eigenvalue weighted by molar-refractivity contribution is -0.116. The quantitative estimate of drug-likeness (QED) is 0.845. The predicted octanol–water partition coefficient (Wildman–Crippen LogP) is 3.60. The number of carbonyl (C=O) groups excluding carboxylic acids is 1. The average Bonchev–Trinajstić information content (AvgIpc) is 2.76. The number of benzene rings is 1. The molecular formula is C17H23N3O. The van der Waals surface area contributed by atoms with E-state index in [1.54, 1.807) is 18.9 Å². The Hall–Kier alpha value is -2.10. The van der Waals surface area contributed by atoms with E-state index in [1.165, 1.54) is 0 Å². The van der Waals surface area contributed by atoms with Crippen molar-refractivity contribution < 1.29 is 4.79 Å². The molecule has 2 rings (SSSR count). The molecule has 21 heavy (non-hydrogen) atoms. The Morgan fingerprint density at radius 2 is 1.76 bits per heavy atom. The maximum absolute atomic E-state index is 11.9. The summed E-state index contributed by atoms with van der Waals surface area (Å²) < 4.78 is 1.94. The lowest BCUT2D eigenvalue weighted by atomic mass is 10.0. The highest BCUT2D eigenvalue weighted by Gasteiger charge is 2.27. The monoisotopic (exact) mass is 285 g/mol. The van der Waals surface area contributed by atoms with Crippen molar-refractivity contribution in [3.8, 4) is 11.1 Å². The predicted molar refractivity (Wildman–Crippen MR) is 86.5 cm³/mol. The summed E-state index contributed by atoms with van der Waals surface area (Å²) in [5.41, 5.74) is 2.83. The molecule has 112 valence electrons. The van der Waals surface area contributed by atoms with Crippen LogP contribution in [0.5, 0.6) is 0 Å². The standard InChI is InChI=1S/C17H23N3O/c1-12-15(14-10-8-7-9-11-14)16(19(6)13(2)21)20(18-12)17(3,4)5/h7-11H,1-6H3. The van der Waals surface area contributed by atoms with Gasteiger partial charge < -0.3 is 0 Å². The summed E-state index contributed by atoms with van der Waals surface area (Å²) in [6, 6.07) is 10.1. The lowest BCUT2D eigenvalue weighted by Gasteiger charge is -2.27. The number of amides is 1. The van der Waals surface area contributed by atoms with Crippen LogP contribution in [0.4, 0.5) is 5.82 Å². The molecule has 1 aromatic heterocycles. The summed E-state index contributed by atoms with van der Waals surface area (Å²) in [4.78, 5) is 13.6. The minimum absolute atomic E-state index is 0.00224. The molecule has 0 N–H and O–H groups in total. The van der Waals surface area contributed by atoms with E-state index >= 15 is 0 Å². The molecule has 0 aliphatic carbocycles. The SMILES string of the molecule is CC(=O)N(C)c1c(-c2ccccc2)c(C)nn1C(C)(C)C. The minimum Gasteiger partial charge on any atom is -0.300 e. The summed E-state index contributed by atoms with van der Waals surface area (Å²) in [6.07, 6.45) is 0. The van der Waals surface area contributed by atoms with Crippen LogP contribution in [0.2, 0.25) is 0 Å². The second-order valence-electron chi connectivity index (χ2n) is 6.31. The summed E-state index contributed by atoms with van der Waals surface area (Å²) in [5.74, 6) is 0.844. The van der Waals surface area contributed by atoms with E-state index in [1.807, 2.05) is 29.8 Å². The molecular weight excluding hydrogens is 262 g/mol. The van der Waals surface area contributed by atoms with Gasteiger partial charge in [0.25, 0.3) is 0 Å². The smallest absolute Gasteiger partial charge is 0.224 e. The van der Waals surface area contributed by atoms with Crippen molar-refractivity contribution in [2.24, 2.45) is 0 Å². The zero-order valence-electron chi connectivity index (χ0n) is 13.6. The van der Waals surface area contributed by atoms with Gasteiger partial charge in [0.05, 0.1) is 11.2 Å². The highest BCUT2D eigenvalue weighted by Crippen LogP contribution is 2.36. The second kappa shape index (κ2) is 5.35. The van der Waals surface area contributed by atoms with Crippen LogP contribution >= 0.6 is 0 Å². The molecule has 0 radical (unpaired) electrons. The van der Waals surface area contributed by atoms with Crippen molar-refractivity contribution in [2.75, 3.05) is 11.9 Å². The van der Waals surface area contributed by atoms with E-state index < -0.39 is 0 Å². The fraction of sp³-hybridized carbons (Fsp3) is 0.412.